The number of methoxy groups -OCH3 is 1. The smallest absolute Gasteiger partial charge is 0.225 e. The van der Waals surface area contributed by atoms with Crippen LogP contribution in [0.3, 0.4) is 0 Å². The first-order chi connectivity index (χ1) is 9.11. The Labute approximate surface area is 112 Å². The van der Waals surface area contributed by atoms with Crippen LogP contribution in [-0.2, 0) is 9.59 Å². The molecule has 2 amide bonds. The van der Waals surface area contributed by atoms with Gasteiger partial charge in [0.15, 0.2) is 0 Å². The zero-order valence-electron chi connectivity index (χ0n) is 11.1. The first-order valence-electron chi connectivity index (χ1n) is 6.31. The molecule has 0 saturated carbocycles. The molecule has 19 heavy (non-hydrogen) atoms. The van der Waals surface area contributed by atoms with Crippen molar-refractivity contribution >= 4 is 11.8 Å². The van der Waals surface area contributed by atoms with Gasteiger partial charge in [-0.15, -0.1) is 0 Å². The number of rotatable bonds is 4. The summed E-state index contributed by atoms with van der Waals surface area (Å²) in [5.41, 5.74) is 0.927. The summed E-state index contributed by atoms with van der Waals surface area (Å²) < 4.78 is 5.27. The maximum Gasteiger partial charge on any atom is 0.225 e. The van der Waals surface area contributed by atoms with Gasteiger partial charge in [0.2, 0.25) is 11.8 Å². The standard InChI is InChI=1S/C14H18N2O3/c1-9(11-5-3-4-6-12(11)19-2)16-14(18)10-7-13(17)15-8-10/h3-6,9-10H,7-8H2,1-2H3,(H,15,17)(H,16,18). The fraction of sp³-hybridized carbons (Fsp3) is 0.429. The van der Waals surface area contributed by atoms with Crippen molar-refractivity contribution in [2.24, 2.45) is 5.92 Å². The maximum atomic E-state index is 12.0. The molecule has 1 aliphatic heterocycles. The fourth-order valence-electron chi connectivity index (χ4n) is 2.22. The van der Waals surface area contributed by atoms with E-state index in [2.05, 4.69) is 10.6 Å². The van der Waals surface area contributed by atoms with Gasteiger partial charge in [-0.3, -0.25) is 9.59 Å². The van der Waals surface area contributed by atoms with E-state index in [1.165, 1.54) is 0 Å². The van der Waals surface area contributed by atoms with Gasteiger partial charge in [-0.2, -0.15) is 0 Å². The normalized spacial score (nSPS) is 19.7. The predicted octanol–water partition coefficient (Wildman–Crippen LogP) is 1.01. The maximum absolute atomic E-state index is 12.0. The Morgan fingerprint density at radius 1 is 1.47 bits per heavy atom. The van der Waals surface area contributed by atoms with Crippen LogP contribution >= 0.6 is 0 Å². The number of para-hydroxylation sites is 1. The van der Waals surface area contributed by atoms with Gasteiger partial charge < -0.3 is 15.4 Å². The highest BCUT2D eigenvalue weighted by Crippen LogP contribution is 2.24. The molecule has 0 aromatic heterocycles. The van der Waals surface area contributed by atoms with E-state index >= 15 is 0 Å². The van der Waals surface area contributed by atoms with Gasteiger partial charge in [0.25, 0.3) is 0 Å². The van der Waals surface area contributed by atoms with E-state index in [9.17, 15) is 9.59 Å². The average Bonchev–Trinajstić information content (AvgIpc) is 2.85. The van der Waals surface area contributed by atoms with Gasteiger partial charge in [0, 0.05) is 18.5 Å². The van der Waals surface area contributed by atoms with Crippen molar-refractivity contribution in [3.8, 4) is 5.75 Å². The van der Waals surface area contributed by atoms with E-state index in [0.717, 1.165) is 11.3 Å². The van der Waals surface area contributed by atoms with Gasteiger partial charge >= 0.3 is 0 Å². The zero-order valence-corrected chi connectivity index (χ0v) is 11.1. The van der Waals surface area contributed by atoms with Crippen LogP contribution in [0, 0.1) is 5.92 Å². The lowest BCUT2D eigenvalue weighted by Gasteiger charge is -2.18. The van der Waals surface area contributed by atoms with Gasteiger partial charge in [-0.1, -0.05) is 18.2 Å². The molecule has 5 nitrogen and oxygen atoms in total. The number of carbonyl (C=O) groups excluding carboxylic acids is 2. The summed E-state index contributed by atoms with van der Waals surface area (Å²) in [6.45, 7) is 2.32. The van der Waals surface area contributed by atoms with E-state index in [0.29, 0.717) is 6.54 Å². The third-order valence-electron chi connectivity index (χ3n) is 3.31. The molecule has 1 saturated heterocycles. The van der Waals surface area contributed by atoms with Gasteiger partial charge in [0.1, 0.15) is 5.75 Å². The molecule has 2 unspecified atom stereocenters. The minimum absolute atomic E-state index is 0.0647. The van der Waals surface area contributed by atoms with Gasteiger partial charge in [-0.25, -0.2) is 0 Å². The highest BCUT2D eigenvalue weighted by Gasteiger charge is 2.29. The Morgan fingerprint density at radius 2 is 2.21 bits per heavy atom. The molecule has 1 aromatic rings. The summed E-state index contributed by atoms with van der Waals surface area (Å²) in [6.07, 6.45) is 0.268. The van der Waals surface area contributed by atoms with Crippen molar-refractivity contribution in [2.75, 3.05) is 13.7 Å². The Kier molecular flexibility index (Phi) is 4.04. The van der Waals surface area contributed by atoms with Crippen LogP contribution in [0.5, 0.6) is 5.75 Å². The van der Waals surface area contributed by atoms with Crippen molar-refractivity contribution in [3.05, 3.63) is 29.8 Å². The molecule has 1 fully saturated rings. The van der Waals surface area contributed by atoms with Gasteiger partial charge in [0.05, 0.1) is 19.1 Å². The van der Waals surface area contributed by atoms with Crippen LogP contribution in [0.15, 0.2) is 24.3 Å². The molecule has 2 N–H and O–H groups in total. The quantitative estimate of drug-likeness (QED) is 0.851. The molecule has 1 heterocycles. The third-order valence-corrected chi connectivity index (χ3v) is 3.31. The first kappa shape index (κ1) is 13.4. The van der Waals surface area contributed by atoms with E-state index in [4.69, 9.17) is 4.74 Å². The monoisotopic (exact) mass is 262 g/mol. The highest BCUT2D eigenvalue weighted by molar-refractivity contribution is 5.89. The number of ether oxygens (including phenoxy) is 1. The van der Waals surface area contributed by atoms with E-state index in [1.807, 2.05) is 31.2 Å². The SMILES string of the molecule is COc1ccccc1C(C)NC(=O)C1CNC(=O)C1. The molecule has 2 atom stereocenters. The summed E-state index contributed by atoms with van der Waals surface area (Å²) >= 11 is 0. The second kappa shape index (κ2) is 5.73. The number of hydrogen-bond acceptors (Lipinski definition) is 3. The molecule has 0 radical (unpaired) electrons. The van der Waals surface area contributed by atoms with Crippen LogP contribution in [0.1, 0.15) is 24.9 Å². The van der Waals surface area contributed by atoms with E-state index in [-0.39, 0.29) is 30.2 Å². The Balaban J connectivity index is 2.02. The van der Waals surface area contributed by atoms with Gasteiger partial charge in [-0.05, 0) is 13.0 Å². The van der Waals surface area contributed by atoms with Crippen LogP contribution in [0.25, 0.3) is 0 Å². The molecule has 0 spiro atoms. The number of hydrogen-bond donors (Lipinski definition) is 2. The average molecular weight is 262 g/mol. The first-order valence-corrected chi connectivity index (χ1v) is 6.31. The molecule has 2 rings (SSSR count). The molecule has 0 bridgehead atoms. The molecular formula is C14H18N2O3. The minimum Gasteiger partial charge on any atom is -0.496 e. The Morgan fingerprint density at radius 3 is 2.84 bits per heavy atom. The van der Waals surface area contributed by atoms with Crippen LogP contribution in [0.4, 0.5) is 0 Å². The highest BCUT2D eigenvalue weighted by atomic mass is 16.5. The van der Waals surface area contributed by atoms with Crippen molar-refractivity contribution in [3.63, 3.8) is 0 Å². The van der Waals surface area contributed by atoms with Crippen molar-refractivity contribution < 1.29 is 14.3 Å². The number of amides is 2. The van der Waals surface area contributed by atoms with Crippen molar-refractivity contribution in [1.29, 1.82) is 0 Å². The largest absolute Gasteiger partial charge is 0.496 e. The lowest BCUT2D eigenvalue weighted by molar-refractivity contribution is -0.127. The van der Waals surface area contributed by atoms with Crippen molar-refractivity contribution in [1.82, 2.24) is 10.6 Å². The van der Waals surface area contributed by atoms with Crippen LogP contribution in [-0.4, -0.2) is 25.5 Å². The van der Waals surface area contributed by atoms with E-state index < -0.39 is 0 Å². The number of benzene rings is 1. The Hall–Kier alpha value is -2.04. The van der Waals surface area contributed by atoms with E-state index in [1.54, 1.807) is 7.11 Å². The topological polar surface area (TPSA) is 67.4 Å². The third kappa shape index (κ3) is 3.05. The van der Waals surface area contributed by atoms with Crippen LogP contribution in [0.2, 0.25) is 0 Å². The molecule has 0 aliphatic carbocycles. The predicted molar refractivity (Wildman–Crippen MR) is 70.7 cm³/mol. The summed E-state index contributed by atoms with van der Waals surface area (Å²) in [5.74, 6) is 0.308. The summed E-state index contributed by atoms with van der Waals surface area (Å²) in [7, 11) is 1.60. The lowest BCUT2D eigenvalue weighted by Crippen LogP contribution is -2.33. The molecular weight excluding hydrogens is 244 g/mol. The second-order valence-electron chi connectivity index (χ2n) is 4.68. The summed E-state index contributed by atoms with van der Waals surface area (Å²) in [6, 6.07) is 7.41. The summed E-state index contributed by atoms with van der Waals surface area (Å²) in [4.78, 5) is 23.1. The van der Waals surface area contributed by atoms with Crippen molar-refractivity contribution in [2.45, 2.75) is 19.4 Å². The summed E-state index contributed by atoms with van der Waals surface area (Å²) in [5, 5.41) is 5.58. The Bertz CT molecular complexity index is 487. The number of nitrogens with one attached hydrogen (secondary N) is 2. The molecule has 102 valence electrons. The molecule has 1 aromatic carbocycles. The fourth-order valence-corrected chi connectivity index (χ4v) is 2.22. The zero-order chi connectivity index (χ0) is 13.8. The minimum atomic E-state index is -0.273. The molecule has 1 aliphatic rings. The second-order valence-corrected chi connectivity index (χ2v) is 4.68. The van der Waals surface area contributed by atoms with Crippen LogP contribution < -0.4 is 15.4 Å². The molecule has 5 heteroatoms. The number of carbonyl (C=O) groups is 2. The lowest BCUT2D eigenvalue weighted by atomic mass is 10.0.